The first-order valence-electron chi connectivity index (χ1n) is 11.0. The molecule has 0 saturated carbocycles. The van der Waals surface area contributed by atoms with Crippen LogP contribution in [0.3, 0.4) is 0 Å². The fourth-order valence-electron chi connectivity index (χ4n) is 4.72. The first-order valence-corrected chi connectivity index (χ1v) is 11.0. The summed E-state index contributed by atoms with van der Waals surface area (Å²) in [4.78, 5) is 20.6. The molecule has 3 heterocycles. The van der Waals surface area contributed by atoms with Crippen LogP contribution in [0.4, 0.5) is 10.1 Å². The average molecular weight is 440 g/mol. The smallest absolute Gasteiger partial charge is 0.259 e. The van der Waals surface area contributed by atoms with Gasteiger partial charge in [-0.3, -0.25) is 4.79 Å². The molecule has 1 atom stereocenters. The van der Waals surface area contributed by atoms with Crippen molar-refractivity contribution in [3.63, 3.8) is 0 Å². The van der Waals surface area contributed by atoms with E-state index in [4.69, 9.17) is 14.5 Å². The zero-order chi connectivity index (χ0) is 22.5. The van der Waals surface area contributed by atoms with E-state index in [2.05, 4.69) is 0 Å². The van der Waals surface area contributed by atoms with Gasteiger partial charge in [0.1, 0.15) is 5.82 Å². The minimum absolute atomic E-state index is 0.00335. The molecule has 6 rings (SSSR count). The highest BCUT2D eigenvalue weighted by molar-refractivity contribution is 6.15. The summed E-state index contributed by atoms with van der Waals surface area (Å²) < 4.78 is 24.8. The number of pyridine rings is 1. The molecule has 0 N–H and O–H groups in total. The molecule has 1 amide bonds. The Morgan fingerprint density at radius 1 is 1.03 bits per heavy atom. The Balaban J connectivity index is 1.50. The fourth-order valence-corrected chi connectivity index (χ4v) is 4.72. The molecule has 0 fully saturated rings. The third kappa shape index (κ3) is 3.30. The third-order valence-corrected chi connectivity index (χ3v) is 6.41. The number of carbonyl (C=O) groups excluding carboxylic acids is 1. The van der Waals surface area contributed by atoms with Crippen LogP contribution in [-0.4, -0.2) is 23.7 Å². The minimum Gasteiger partial charge on any atom is -0.454 e. The molecule has 0 spiro atoms. The van der Waals surface area contributed by atoms with E-state index in [1.165, 1.54) is 12.1 Å². The molecule has 2 aliphatic rings. The molecule has 0 aliphatic carbocycles. The van der Waals surface area contributed by atoms with Gasteiger partial charge in [-0.05, 0) is 73.9 Å². The van der Waals surface area contributed by atoms with E-state index in [1.54, 1.807) is 11.0 Å². The lowest BCUT2D eigenvalue weighted by Gasteiger charge is -2.35. The van der Waals surface area contributed by atoms with E-state index >= 15 is 0 Å². The van der Waals surface area contributed by atoms with Crippen molar-refractivity contribution in [1.82, 2.24) is 4.98 Å². The Bertz CT molecular complexity index is 1420. The SMILES string of the molecule is CC1CCc2cc(F)ccc2N1C(=O)c1cc(-c2ccc3c(c2)OCO3)nc2ccccc12. The van der Waals surface area contributed by atoms with Crippen LogP contribution in [0.2, 0.25) is 0 Å². The summed E-state index contributed by atoms with van der Waals surface area (Å²) in [7, 11) is 0. The summed E-state index contributed by atoms with van der Waals surface area (Å²) in [6, 6.07) is 19.8. The van der Waals surface area contributed by atoms with Gasteiger partial charge >= 0.3 is 0 Å². The lowest BCUT2D eigenvalue weighted by Crippen LogP contribution is -2.42. The highest BCUT2D eigenvalue weighted by Gasteiger charge is 2.30. The molecule has 4 aromatic rings. The number of benzene rings is 3. The van der Waals surface area contributed by atoms with Crippen molar-refractivity contribution in [3.05, 3.63) is 83.7 Å². The second-order valence-electron chi connectivity index (χ2n) is 8.48. The van der Waals surface area contributed by atoms with Crippen LogP contribution in [0, 0.1) is 5.82 Å². The van der Waals surface area contributed by atoms with E-state index in [-0.39, 0.29) is 24.6 Å². The fraction of sp³-hybridized carbons (Fsp3) is 0.185. The van der Waals surface area contributed by atoms with E-state index in [0.29, 0.717) is 22.8 Å². The van der Waals surface area contributed by atoms with Crippen LogP contribution < -0.4 is 14.4 Å². The highest BCUT2D eigenvalue weighted by Crippen LogP contribution is 2.37. The molecule has 0 saturated heterocycles. The van der Waals surface area contributed by atoms with E-state index < -0.39 is 0 Å². The predicted molar refractivity (Wildman–Crippen MR) is 124 cm³/mol. The number of hydrogen-bond acceptors (Lipinski definition) is 4. The number of carbonyl (C=O) groups is 1. The van der Waals surface area contributed by atoms with Crippen molar-refractivity contribution in [3.8, 4) is 22.8 Å². The maximum Gasteiger partial charge on any atom is 0.259 e. The number of halogens is 1. The van der Waals surface area contributed by atoms with E-state index in [1.807, 2.05) is 55.5 Å². The zero-order valence-electron chi connectivity index (χ0n) is 18.0. The monoisotopic (exact) mass is 440 g/mol. The number of fused-ring (bicyclic) bond motifs is 3. The van der Waals surface area contributed by atoms with Gasteiger partial charge < -0.3 is 14.4 Å². The summed E-state index contributed by atoms with van der Waals surface area (Å²) in [6.07, 6.45) is 1.53. The van der Waals surface area contributed by atoms with Crippen LogP contribution >= 0.6 is 0 Å². The molecule has 6 heteroatoms. The molecule has 33 heavy (non-hydrogen) atoms. The number of aryl methyl sites for hydroxylation is 1. The number of hydrogen-bond donors (Lipinski definition) is 0. The molecular weight excluding hydrogens is 419 g/mol. The van der Waals surface area contributed by atoms with Gasteiger partial charge in [0.2, 0.25) is 6.79 Å². The van der Waals surface area contributed by atoms with Crippen molar-refractivity contribution in [2.24, 2.45) is 0 Å². The predicted octanol–water partition coefficient (Wildman–Crippen LogP) is 5.75. The van der Waals surface area contributed by atoms with Crippen molar-refractivity contribution in [2.45, 2.75) is 25.8 Å². The molecule has 5 nitrogen and oxygen atoms in total. The number of nitrogens with zero attached hydrogens (tertiary/aromatic N) is 2. The Hall–Kier alpha value is -3.93. The van der Waals surface area contributed by atoms with Crippen LogP contribution in [0.15, 0.2) is 66.7 Å². The summed E-state index contributed by atoms with van der Waals surface area (Å²) in [5.74, 6) is 0.962. The first kappa shape index (κ1) is 19.7. The molecule has 1 aromatic heterocycles. The summed E-state index contributed by atoms with van der Waals surface area (Å²) in [5.41, 5.74) is 4.45. The van der Waals surface area contributed by atoms with Gasteiger partial charge in [0, 0.05) is 22.7 Å². The van der Waals surface area contributed by atoms with Gasteiger partial charge in [-0.2, -0.15) is 0 Å². The Labute approximate surface area is 190 Å². The van der Waals surface area contributed by atoms with Gasteiger partial charge in [0.25, 0.3) is 5.91 Å². The molecule has 3 aromatic carbocycles. The molecule has 164 valence electrons. The van der Waals surface area contributed by atoms with Gasteiger partial charge in [-0.15, -0.1) is 0 Å². The van der Waals surface area contributed by atoms with Gasteiger partial charge in [-0.1, -0.05) is 18.2 Å². The van der Waals surface area contributed by atoms with Crippen molar-refractivity contribution >= 4 is 22.5 Å². The van der Waals surface area contributed by atoms with Gasteiger partial charge in [0.15, 0.2) is 11.5 Å². The second-order valence-corrected chi connectivity index (χ2v) is 8.48. The Morgan fingerprint density at radius 2 is 1.88 bits per heavy atom. The van der Waals surface area contributed by atoms with Crippen LogP contribution in [-0.2, 0) is 6.42 Å². The number of rotatable bonds is 2. The summed E-state index contributed by atoms with van der Waals surface area (Å²) in [5, 5.41) is 0.786. The minimum atomic E-state index is -0.282. The number of amides is 1. The number of aromatic nitrogens is 1. The van der Waals surface area contributed by atoms with Crippen molar-refractivity contribution < 1.29 is 18.7 Å². The maximum absolute atomic E-state index is 14.0. The van der Waals surface area contributed by atoms with Crippen molar-refractivity contribution in [2.75, 3.05) is 11.7 Å². The Morgan fingerprint density at radius 3 is 2.79 bits per heavy atom. The van der Waals surface area contributed by atoms with Crippen molar-refractivity contribution in [1.29, 1.82) is 0 Å². The zero-order valence-corrected chi connectivity index (χ0v) is 18.0. The molecule has 0 bridgehead atoms. The topological polar surface area (TPSA) is 51.7 Å². The standard InChI is InChI=1S/C27H21FN2O3/c1-16-6-7-18-12-19(28)9-10-24(18)30(16)27(31)21-14-23(29-22-5-3-2-4-20(21)22)17-8-11-25-26(13-17)33-15-32-25/h2-5,8-14,16H,6-7,15H2,1H3. The third-order valence-electron chi connectivity index (χ3n) is 6.41. The van der Waals surface area contributed by atoms with E-state index in [0.717, 1.165) is 40.6 Å². The number of anilines is 1. The van der Waals surface area contributed by atoms with E-state index in [9.17, 15) is 9.18 Å². The molecule has 2 aliphatic heterocycles. The summed E-state index contributed by atoms with van der Waals surface area (Å²) >= 11 is 0. The first-order chi connectivity index (χ1) is 16.1. The van der Waals surface area contributed by atoms with Crippen LogP contribution in [0.5, 0.6) is 11.5 Å². The highest BCUT2D eigenvalue weighted by atomic mass is 19.1. The summed E-state index contributed by atoms with van der Waals surface area (Å²) in [6.45, 7) is 2.23. The lowest BCUT2D eigenvalue weighted by molar-refractivity contribution is 0.0976. The molecule has 0 radical (unpaired) electrons. The largest absolute Gasteiger partial charge is 0.454 e. The van der Waals surface area contributed by atoms with Gasteiger partial charge in [-0.25, -0.2) is 9.37 Å². The number of ether oxygens (including phenoxy) is 2. The van der Waals surface area contributed by atoms with Crippen LogP contribution in [0.1, 0.15) is 29.3 Å². The average Bonchev–Trinajstić information content (AvgIpc) is 3.31. The normalized spacial score (nSPS) is 16.7. The number of para-hydroxylation sites is 1. The Kier molecular flexibility index (Phi) is 4.54. The van der Waals surface area contributed by atoms with Gasteiger partial charge in [0.05, 0.1) is 16.8 Å². The molecular formula is C27H21FN2O3. The van der Waals surface area contributed by atoms with Crippen LogP contribution in [0.25, 0.3) is 22.2 Å². The lowest BCUT2D eigenvalue weighted by atomic mass is 9.94. The molecule has 1 unspecified atom stereocenters. The second kappa shape index (κ2) is 7.59. The maximum atomic E-state index is 14.0. The quantitative estimate of drug-likeness (QED) is 0.398.